The molecule has 0 radical (unpaired) electrons. The molecule has 2 bridgehead atoms. The second-order valence-corrected chi connectivity index (χ2v) is 10.1. The summed E-state index contributed by atoms with van der Waals surface area (Å²) in [5.74, 6) is -1.68. The van der Waals surface area contributed by atoms with Gasteiger partial charge in [-0.25, -0.2) is 4.90 Å². The second kappa shape index (κ2) is 8.27. The summed E-state index contributed by atoms with van der Waals surface area (Å²) in [7, 11) is 1.53. The molecule has 0 spiro atoms. The molecular weight excluding hydrogens is 462 g/mol. The molecule has 2 fully saturated rings. The average molecular weight is 492 g/mol. The van der Waals surface area contributed by atoms with E-state index in [2.05, 4.69) is 0 Å². The Hall–Kier alpha value is -3.99. The predicted molar refractivity (Wildman–Crippen MR) is 143 cm³/mol. The highest BCUT2D eigenvalue weighted by Gasteiger charge is 2.80. The molecule has 5 nitrogen and oxygen atoms in total. The van der Waals surface area contributed by atoms with Crippen LogP contribution >= 0.6 is 0 Å². The summed E-state index contributed by atoms with van der Waals surface area (Å²) in [6.07, 6.45) is 0.877. The standard InChI is InChI=1S/C32H29NO4/c1-4-31-24(20-14-8-6-9-15-20)25(21-16-10-7-11-17-21)32(5-2,30(31)36)27-26(31)28(34)33(29(27)35)22-18-12-13-19-23(22)37-3/h6-19,26-27H,4-5H2,1-3H3/t26-,27-,31-,32+/m1/s1. The lowest BCUT2D eigenvalue weighted by Gasteiger charge is -2.38. The molecule has 0 N–H and O–H groups in total. The Kier molecular flexibility index (Phi) is 5.23. The van der Waals surface area contributed by atoms with Crippen LogP contribution in [0.4, 0.5) is 5.69 Å². The van der Waals surface area contributed by atoms with Crippen molar-refractivity contribution in [2.75, 3.05) is 12.0 Å². The molecule has 0 unspecified atom stereocenters. The van der Waals surface area contributed by atoms with E-state index in [9.17, 15) is 14.4 Å². The van der Waals surface area contributed by atoms with E-state index < -0.39 is 22.7 Å². The van der Waals surface area contributed by atoms with E-state index in [1.54, 1.807) is 18.2 Å². The zero-order valence-corrected chi connectivity index (χ0v) is 21.2. The van der Waals surface area contributed by atoms with Crippen LogP contribution in [0.25, 0.3) is 11.1 Å². The van der Waals surface area contributed by atoms with Gasteiger partial charge < -0.3 is 4.74 Å². The lowest BCUT2D eigenvalue weighted by Crippen LogP contribution is -2.42. The van der Waals surface area contributed by atoms with Crippen molar-refractivity contribution in [3.8, 4) is 5.75 Å². The van der Waals surface area contributed by atoms with E-state index in [-0.39, 0.29) is 17.6 Å². The topological polar surface area (TPSA) is 63.7 Å². The van der Waals surface area contributed by atoms with E-state index in [0.717, 1.165) is 22.3 Å². The van der Waals surface area contributed by atoms with Crippen molar-refractivity contribution in [1.29, 1.82) is 0 Å². The number of nitrogens with zero attached hydrogens (tertiary/aromatic N) is 1. The van der Waals surface area contributed by atoms with Gasteiger partial charge >= 0.3 is 0 Å². The first kappa shape index (κ1) is 23.4. The number of carbonyl (C=O) groups excluding carboxylic acids is 3. The molecule has 3 aromatic rings. The van der Waals surface area contributed by atoms with Crippen LogP contribution in [0.3, 0.4) is 0 Å². The Balaban J connectivity index is 1.67. The molecular formula is C32H29NO4. The first-order chi connectivity index (χ1) is 18.0. The first-order valence-electron chi connectivity index (χ1n) is 12.9. The number of carbonyl (C=O) groups is 3. The molecule has 2 amide bonds. The minimum atomic E-state index is -1.09. The van der Waals surface area contributed by atoms with E-state index in [1.807, 2.05) is 80.6 Å². The summed E-state index contributed by atoms with van der Waals surface area (Å²) >= 11 is 0. The van der Waals surface area contributed by atoms with Crippen LogP contribution in [0, 0.1) is 22.7 Å². The van der Waals surface area contributed by atoms with E-state index in [1.165, 1.54) is 12.0 Å². The third-order valence-electron chi connectivity index (χ3n) is 8.89. The van der Waals surface area contributed by atoms with Crippen molar-refractivity contribution in [3.05, 3.63) is 96.1 Å². The summed E-state index contributed by atoms with van der Waals surface area (Å²) in [6, 6.07) is 26.9. The number of ether oxygens (including phenoxy) is 1. The number of hydrogen-bond donors (Lipinski definition) is 0. The molecule has 37 heavy (non-hydrogen) atoms. The fourth-order valence-corrected chi connectivity index (χ4v) is 7.51. The van der Waals surface area contributed by atoms with Gasteiger partial charge in [0.2, 0.25) is 11.8 Å². The molecule has 5 heteroatoms. The van der Waals surface area contributed by atoms with E-state index in [4.69, 9.17) is 4.74 Å². The molecule has 3 aromatic carbocycles. The van der Waals surface area contributed by atoms with Crippen molar-refractivity contribution < 1.29 is 19.1 Å². The summed E-state index contributed by atoms with van der Waals surface area (Å²) in [5, 5.41) is 0. The SMILES string of the molecule is CC[C@]12C(=O)[C@](CC)(C(c3ccccc3)=C1c1ccccc1)[C@H]1C(=O)N(c3ccccc3OC)C(=O)[C@@H]12. The molecule has 1 aliphatic heterocycles. The Morgan fingerprint density at radius 3 is 1.54 bits per heavy atom. The number of rotatable bonds is 6. The van der Waals surface area contributed by atoms with Crippen molar-refractivity contribution in [2.24, 2.45) is 22.7 Å². The molecule has 0 aromatic heterocycles. The molecule has 6 rings (SSSR count). The number of imide groups is 1. The number of anilines is 1. The maximum Gasteiger partial charge on any atom is 0.239 e. The number of amides is 2. The van der Waals surface area contributed by atoms with E-state index >= 15 is 0 Å². The Labute approximate surface area is 216 Å². The molecule has 4 atom stereocenters. The monoisotopic (exact) mass is 491 g/mol. The number of hydrogen-bond acceptors (Lipinski definition) is 4. The fraction of sp³-hybridized carbons (Fsp3) is 0.281. The third kappa shape index (κ3) is 2.72. The number of para-hydroxylation sites is 2. The summed E-state index contributed by atoms with van der Waals surface area (Å²) in [5.41, 5.74) is 1.92. The lowest BCUT2D eigenvalue weighted by molar-refractivity contribution is -0.134. The highest BCUT2D eigenvalue weighted by molar-refractivity contribution is 6.35. The molecule has 3 aliphatic rings. The smallest absolute Gasteiger partial charge is 0.239 e. The van der Waals surface area contributed by atoms with Crippen LogP contribution in [0.15, 0.2) is 84.9 Å². The van der Waals surface area contributed by atoms with Crippen molar-refractivity contribution in [3.63, 3.8) is 0 Å². The maximum absolute atomic E-state index is 14.7. The van der Waals surface area contributed by atoms with Crippen LogP contribution in [0.1, 0.15) is 37.8 Å². The number of Topliss-reactive ketones (excluding diaryl/α,β-unsaturated/α-hetero) is 1. The van der Waals surface area contributed by atoms with Gasteiger partial charge in [-0.05, 0) is 47.2 Å². The molecule has 2 aliphatic carbocycles. The van der Waals surface area contributed by atoms with Gasteiger partial charge in [0.1, 0.15) is 5.75 Å². The van der Waals surface area contributed by atoms with Crippen LogP contribution in [-0.2, 0) is 14.4 Å². The Bertz CT molecular complexity index is 1370. The van der Waals surface area contributed by atoms with Gasteiger partial charge in [0.05, 0.1) is 35.5 Å². The van der Waals surface area contributed by atoms with Crippen molar-refractivity contribution in [2.45, 2.75) is 26.7 Å². The normalized spacial score (nSPS) is 28.3. The van der Waals surface area contributed by atoms with Crippen LogP contribution in [0.2, 0.25) is 0 Å². The molecule has 1 saturated carbocycles. The molecule has 1 heterocycles. The summed E-state index contributed by atoms with van der Waals surface area (Å²) < 4.78 is 5.53. The minimum absolute atomic E-state index is 0.0130. The lowest BCUT2D eigenvalue weighted by atomic mass is 9.60. The van der Waals surface area contributed by atoms with Gasteiger partial charge in [0.25, 0.3) is 0 Å². The predicted octanol–water partition coefficient (Wildman–Crippen LogP) is 5.80. The summed E-state index contributed by atoms with van der Waals surface area (Å²) in [6.45, 7) is 3.95. The first-order valence-corrected chi connectivity index (χ1v) is 12.9. The molecule has 1 saturated heterocycles. The number of methoxy groups -OCH3 is 1. The second-order valence-electron chi connectivity index (χ2n) is 10.1. The van der Waals surface area contributed by atoms with E-state index in [0.29, 0.717) is 24.3 Å². The fourth-order valence-electron chi connectivity index (χ4n) is 7.51. The van der Waals surface area contributed by atoms with Crippen LogP contribution in [-0.4, -0.2) is 24.7 Å². The Morgan fingerprint density at radius 2 is 1.11 bits per heavy atom. The van der Waals surface area contributed by atoms with Gasteiger partial charge in [-0.3, -0.25) is 14.4 Å². The highest BCUT2D eigenvalue weighted by Crippen LogP contribution is 2.75. The van der Waals surface area contributed by atoms with Crippen molar-refractivity contribution >= 4 is 34.4 Å². The maximum atomic E-state index is 14.7. The molecule has 186 valence electrons. The average Bonchev–Trinajstić information content (AvgIpc) is 3.45. The highest BCUT2D eigenvalue weighted by atomic mass is 16.5. The van der Waals surface area contributed by atoms with Crippen LogP contribution in [0.5, 0.6) is 5.75 Å². The van der Waals surface area contributed by atoms with Gasteiger partial charge in [0.15, 0.2) is 5.78 Å². The van der Waals surface area contributed by atoms with Crippen molar-refractivity contribution in [1.82, 2.24) is 0 Å². The number of benzene rings is 3. The van der Waals surface area contributed by atoms with Crippen LogP contribution < -0.4 is 9.64 Å². The largest absolute Gasteiger partial charge is 0.495 e. The minimum Gasteiger partial charge on any atom is -0.495 e. The number of fused-ring (bicyclic) bond motifs is 5. The summed E-state index contributed by atoms with van der Waals surface area (Å²) in [4.78, 5) is 44.6. The zero-order valence-electron chi connectivity index (χ0n) is 21.2. The quantitative estimate of drug-likeness (QED) is 0.409. The number of allylic oxidation sites excluding steroid dienone is 2. The van der Waals surface area contributed by atoms with Gasteiger partial charge in [-0.15, -0.1) is 0 Å². The van der Waals surface area contributed by atoms with Gasteiger partial charge in [-0.1, -0.05) is 86.6 Å². The number of ketones is 1. The third-order valence-corrected chi connectivity index (χ3v) is 8.89. The van der Waals surface area contributed by atoms with Gasteiger partial charge in [-0.2, -0.15) is 0 Å². The zero-order chi connectivity index (χ0) is 25.9. The van der Waals surface area contributed by atoms with Gasteiger partial charge in [0, 0.05) is 0 Å². The Morgan fingerprint density at radius 1 is 0.676 bits per heavy atom.